The molecule has 0 bridgehead atoms. The minimum absolute atomic E-state index is 0.0512. The van der Waals surface area contributed by atoms with Gasteiger partial charge in [0.1, 0.15) is 5.69 Å². The van der Waals surface area contributed by atoms with Gasteiger partial charge in [-0.05, 0) is 84.6 Å². The van der Waals surface area contributed by atoms with Crippen molar-refractivity contribution in [3.05, 3.63) is 116 Å². The van der Waals surface area contributed by atoms with Crippen LogP contribution in [0.15, 0.2) is 72.9 Å². The Kier molecular flexibility index (Phi) is 10.3. The number of allylic oxidation sites excluding steroid dienone is 2. The summed E-state index contributed by atoms with van der Waals surface area (Å²) in [5.41, 5.74) is 7.70. The van der Waals surface area contributed by atoms with Crippen molar-refractivity contribution in [2.45, 2.75) is 95.3 Å². The molecule has 2 N–H and O–H groups in total. The van der Waals surface area contributed by atoms with Crippen LogP contribution in [0.5, 0.6) is 0 Å². The van der Waals surface area contributed by atoms with E-state index in [4.69, 9.17) is 34.8 Å². The topological polar surface area (TPSA) is 54.6 Å². The summed E-state index contributed by atoms with van der Waals surface area (Å²) >= 11 is 20.4. The second kappa shape index (κ2) is 15.3. The normalized spacial score (nSPS) is 25.5. The highest BCUT2D eigenvalue weighted by molar-refractivity contribution is 6.35. The van der Waals surface area contributed by atoms with Gasteiger partial charge in [-0.1, -0.05) is 116 Å². The van der Waals surface area contributed by atoms with E-state index in [1.54, 1.807) is 0 Å². The Balaban J connectivity index is 1.14. The lowest BCUT2D eigenvalue weighted by Crippen LogP contribution is -2.59. The van der Waals surface area contributed by atoms with E-state index in [0.29, 0.717) is 26.8 Å². The van der Waals surface area contributed by atoms with Gasteiger partial charge in [-0.15, -0.1) is 0 Å². The average Bonchev–Trinajstić information content (AvgIpc) is 3.48. The van der Waals surface area contributed by atoms with Gasteiger partial charge in [0.25, 0.3) is 5.91 Å². The van der Waals surface area contributed by atoms with Crippen molar-refractivity contribution in [3.63, 3.8) is 0 Å². The summed E-state index contributed by atoms with van der Waals surface area (Å²) in [6.07, 6.45) is 16.6. The largest absolute Gasteiger partial charge is 0.350 e. The molecule has 4 heterocycles. The van der Waals surface area contributed by atoms with Crippen LogP contribution in [0.4, 0.5) is 0 Å². The fourth-order valence-corrected chi connectivity index (χ4v) is 11.2. The van der Waals surface area contributed by atoms with E-state index < -0.39 is 0 Å². The van der Waals surface area contributed by atoms with Gasteiger partial charge in [-0.3, -0.25) is 14.6 Å². The molecule has 282 valence electrons. The lowest BCUT2D eigenvalue weighted by atomic mass is 9.82. The van der Waals surface area contributed by atoms with Gasteiger partial charge in [-0.2, -0.15) is 0 Å². The van der Waals surface area contributed by atoms with Gasteiger partial charge < -0.3 is 15.2 Å². The van der Waals surface area contributed by atoms with E-state index in [1.165, 1.54) is 44.1 Å². The van der Waals surface area contributed by atoms with Crippen molar-refractivity contribution in [2.75, 3.05) is 26.2 Å². The highest BCUT2D eigenvalue weighted by atomic mass is 35.5. The zero-order chi connectivity index (χ0) is 36.9. The lowest BCUT2D eigenvalue weighted by Gasteiger charge is -2.46. The molecule has 1 amide bonds. The molecule has 0 spiro atoms. The Bertz CT molecular complexity index is 2090. The second-order valence-corrected chi connectivity index (χ2v) is 17.5. The molecule has 3 aliphatic heterocycles. The Morgan fingerprint density at radius 1 is 0.796 bits per heavy atom. The Morgan fingerprint density at radius 3 is 2.31 bits per heavy atom. The molecule has 9 rings (SSSR count). The van der Waals surface area contributed by atoms with Gasteiger partial charge in [-0.25, -0.2) is 0 Å². The van der Waals surface area contributed by atoms with E-state index in [0.717, 1.165) is 96.8 Å². The van der Waals surface area contributed by atoms with Gasteiger partial charge >= 0.3 is 0 Å². The maximum absolute atomic E-state index is 15.0. The number of halogens is 3. The van der Waals surface area contributed by atoms with Crippen LogP contribution in [-0.2, 0) is 0 Å². The van der Waals surface area contributed by atoms with E-state index in [1.807, 2.05) is 30.3 Å². The molecule has 5 aliphatic rings. The number of benzene rings is 3. The summed E-state index contributed by atoms with van der Waals surface area (Å²) in [5, 5.41) is 6.43. The van der Waals surface area contributed by atoms with E-state index >= 15 is 4.79 Å². The molecule has 4 unspecified atom stereocenters. The Labute approximate surface area is 334 Å². The number of rotatable bonds is 6. The first-order valence-electron chi connectivity index (χ1n) is 20.2. The summed E-state index contributed by atoms with van der Waals surface area (Å²) in [6.45, 7) is 6.71. The molecule has 3 aromatic carbocycles. The molecule has 4 atom stereocenters. The quantitative estimate of drug-likeness (QED) is 0.205. The summed E-state index contributed by atoms with van der Waals surface area (Å²) < 4.78 is 0. The number of piperazine rings is 1. The van der Waals surface area contributed by atoms with E-state index in [9.17, 15) is 0 Å². The predicted octanol–water partition coefficient (Wildman–Crippen LogP) is 10.9. The van der Waals surface area contributed by atoms with Crippen LogP contribution >= 0.6 is 34.8 Å². The molecule has 4 aromatic rings. The fraction of sp³-hybridized carbons (Fsp3) is 0.444. The molecule has 9 heteroatoms. The van der Waals surface area contributed by atoms with E-state index in [-0.39, 0.29) is 23.9 Å². The monoisotopic (exact) mass is 781 g/mol. The third kappa shape index (κ3) is 6.70. The van der Waals surface area contributed by atoms with Crippen molar-refractivity contribution in [1.82, 2.24) is 25.0 Å². The number of aromatic nitrogens is 1. The standard InChI is InChI=1S/C45H50Cl3N5O/c1-28-11-10-20-53-43(33-19-18-30(46)26-35(33)48)34-25-31(47)27-37-40(34)41(44(53)39(28)29-12-4-2-5-13-29)42(49-37)45(54)50-36-16-8-9-17-38(36)52-23-21-51(22-24-52)32-14-6-3-7-15-32/h2,4-5,10,12-13,18-20,25-28,32,36,38,43,49H,3,6-9,11,14-17,21-24H2,1H3,(H,50,54). The molecule has 0 radical (unpaired) electrons. The first kappa shape index (κ1) is 36.4. The molecule has 1 saturated heterocycles. The molecule has 6 nitrogen and oxygen atoms in total. The van der Waals surface area contributed by atoms with Gasteiger partial charge in [0.2, 0.25) is 0 Å². The molecule has 54 heavy (non-hydrogen) atoms. The number of H-pyrrole nitrogens is 1. The van der Waals surface area contributed by atoms with Crippen molar-refractivity contribution in [3.8, 4) is 0 Å². The van der Waals surface area contributed by atoms with Crippen LogP contribution < -0.4 is 5.32 Å². The number of aromatic amines is 1. The molecular weight excluding hydrogens is 733 g/mol. The number of carbonyl (C=O) groups excluding carboxylic acids is 1. The first-order valence-corrected chi connectivity index (χ1v) is 21.3. The summed E-state index contributed by atoms with van der Waals surface area (Å²) in [5.74, 6) is 0.138. The zero-order valence-electron chi connectivity index (χ0n) is 31.1. The lowest BCUT2D eigenvalue weighted by molar-refractivity contribution is 0.0340. The number of nitrogens with zero attached hydrogens (tertiary/aromatic N) is 3. The molecule has 2 saturated carbocycles. The maximum atomic E-state index is 15.0. The zero-order valence-corrected chi connectivity index (χ0v) is 33.4. The summed E-state index contributed by atoms with van der Waals surface area (Å²) in [4.78, 5) is 26.4. The fourth-order valence-electron chi connectivity index (χ4n) is 10.4. The smallest absolute Gasteiger partial charge is 0.268 e. The highest BCUT2D eigenvalue weighted by Gasteiger charge is 2.41. The SMILES string of the molecule is CC1CC=CN2C(=C1c1ccccc1)c1c(C(=O)NC3CCCCC3N3CCN(C4CCCCC4)CC3)[nH]c3cc(Cl)cc(c13)C2c1ccc(Cl)cc1Cl. The van der Waals surface area contributed by atoms with Crippen molar-refractivity contribution in [2.24, 2.45) is 5.92 Å². The Hall–Kier alpha value is -3.26. The molecule has 1 aromatic heterocycles. The van der Waals surface area contributed by atoms with Gasteiger partial charge in [0, 0.05) is 82.0 Å². The average molecular weight is 783 g/mol. The Morgan fingerprint density at radius 2 is 1.54 bits per heavy atom. The van der Waals surface area contributed by atoms with Crippen LogP contribution in [0.25, 0.3) is 22.2 Å². The van der Waals surface area contributed by atoms with Crippen LogP contribution in [0.1, 0.15) is 110 Å². The highest BCUT2D eigenvalue weighted by Crippen LogP contribution is 2.53. The number of hydrogen-bond donors (Lipinski definition) is 2. The van der Waals surface area contributed by atoms with E-state index in [2.05, 4.69) is 74.5 Å². The second-order valence-electron chi connectivity index (χ2n) is 16.2. The van der Waals surface area contributed by atoms with Gasteiger partial charge in [0.15, 0.2) is 0 Å². The molecule has 3 fully saturated rings. The minimum Gasteiger partial charge on any atom is -0.350 e. The number of fused-ring (bicyclic) bond motifs is 2. The molecule has 2 aliphatic carbocycles. The minimum atomic E-state index is -0.291. The molecular formula is C45H50Cl3N5O. The van der Waals surface area contributed by atoms with Crippen molar-refractivity contribution >= 4 is 62.9 Å². The maximum Gasteiger partial charge on any atom is 0.268 e. The van der Waals surface area contributed by atoms with Gasteiger partial charge in [0.05, 0.1) is 11.7 Å². The number of carbonyl (C=O) groups is 1. The van der Waals surface area contributed by atoms with Crippen LogP contribution in [0, 0.1) is 5.92 Å². The third-order valence-corrected chi connectivity index (χ3v) is 13.8. The van der Waals surface area contributed by atoms with Crippen LogP contribution in [0.2, 0.25) is 15.1 Å². The van der Waals surface area contributed by atoms with Crippen molar-refractivity contribution < 1.29 is 4.79 Å². The third-order valence-electron chi connectivity index (χ3n) is 13.0. The summed E-state index contributed by atoms with van der Waals surface area (Å²) in [6, 6.07) is 21.3. The number of hydrogen-bond acceptors (Lipinski definition) is 4. The van der Waals surface area contributed by atoms with Crippen LogP contribution in [0.3, 0.4) is 0 Å². The number of nitrogens with one attached hydrogen (secondary N) is 2. The van der Waals surface area contributed by atoms with Crippen LogP contribution in [-0.4, -0.2) is 69.9 Å². The number of amides is 1. The van der Waals surface area contributed by atoms with Crippen molar-refractivity contribution in [1.29, 1.82) is 0 Å². The first-order chi connectivity index (χ1) is 26.4. The summed E-state index contributed by atoms with van der Waals surface area (Å²) in [7, 11) is 0. The predicted molar refractivity (Wildman–Crippen MR) is 223 cm³/mol.